The Bertz CT molecular complexity index is 774. The normalized spacial score (nSPS) is 28.9. The molecule has 4 fully saturated rings. The first kappa shape index (κ1) is 15.3. The predicted octanol–water partition coefficient (Wildman–Crippen LogP) is 2.42. The lowest BCUT2D eigenvalue weighted by Crippen LogP contribution is -2.41. The molecule has 2 bridgehead atoms. The average Bonchev–Trinajstić information content (AvgIpc) is 3.06. The van der Waals surface area contributed by atoms with Crippen LogP contribution >= 0.6 is 0 Å². The number of H-pyrrole nitrogens is 1. The van der Waals surface area contributed by atoms with Crippen molar-refractivity contribution in [3.8, 4) is 0 Å². The molecule has 2 saturated carbocycles. The van der Waals surface area contributed by atoms with Gasteiger partial charge in [0, 0.05) is 48.3 Å². The first-order chi connectivity index (χ1) is 12.2. The summed E-state index contributed by atoms with van der Waals surface area (Å²) in [4.78, 5) is 11.9. The Morgan fingerprint density at radius 1 is 1.36 bits per heavy atom. The molecule has 6 nitrogen and oxygen atoms in total. The van der Waals surface area contributed by atoms with E-state index < -0.39 is 0 Å². The van der Waals surface area contributed by atoms with Gasteiger partial charge in [-0.3, -0.25) is 5.10 Å². The highest BCUT2D eigenvalue weighted by Gasteiger charge is 2.55. The second-order valence-electron chi connectivity index (χ2n) is 8.25. The molecule has 2 aromatic heterocycles. The summed E-state index contributed by atoms with van der Waals surface area (Å²) in [5, 5.41) is 11.1. The zero-order valence-corrected chi connectivity index (χ0v) is 15.0. The van der Waals surface area contributed by atoms with Crippen LogP contribution in [0.1, 0.15) is 61.5 Å². The second-order valence-corrected chi connectivity index (χ2v) is 8.25. The molecule has 2 N–H and O–H groups in total. The van der Waals surface area contributed by atoms with E-state index in [1.165, 1.54) is 31.4 Å². The predicted molar refractivity (Wildman–Crippen MR) is 96.8 cm³/mol. The molecular formula is C19H26N6. The first-order valence-corrected chi connectivity index (χ1v) is 9.47. The van der Waals surface area contributed by atoms with Crippen molar-refractivity contribution in [3.05, 3.63) is 35.4 Å². The quantitative estimate of drug-likeness (QED) is 0.846. The van der Waals surface area contributed by atoms with Crippen molar-refractivity contribution in [1.82, 2.24) is 25.5 Å². The SMILES string of the molecule is CNCC12CC(C1)N(c1nccc(C(C)c3cc(C4CC4)[nH]n3)n1)C2. The number of fused-ring (bicyclic) bond motifs is 1. The van der Waals surface area contributed by atoms with Crippen molar-refractivity contribution in [2.45, 2.75) is 50.5 Å². The van der Waals surface area contributed by atoms with Gasteiger partial charge < -0.3 is 10.2 Å². The highest BCUT2D eigenvalue weighted by atomic mass is 15.3. The van der Waals surface area contributed by atoms with Gasteiger partial charge in [-0.25, -0.2) is 9.97 Å². The molecular weight excluding hydrogens is 312 g/mol. The van der Waals surface area contributed by atoms with E-state index in [1.54, 1.807) is 0 Å². The van der Waals surface area contributed by atoms with Crippen molar-refractivity contribution < 1.29 is 0 Å². The van der Waals surface area contributed by atoms with Crippen molar-refractivity contribution >= 4 is 5.95 Å². The number of hydrogen-bond donors (Lipinski definition) is 2. The van der Waals surface area contributed by atoms with Gasteiger partial charge in [-0.2, -0.15) is 5.10 Å². The number of nitrogens with zero attached hydrogens (tertiary/aromatic N) is 4. The van der Waals surface area contributed by atoms with Crippen LogP contribution in [-0.2, 0) is 0 Å². The Morgan fingerprint density at radius 2 is 2.20 bits per heavy atom. The summed E-state index contributed by atoms with van der Waals surface area (Å²) in [5.41, 5.74) is 3.87. The van der Waals surface area contributed by atoms with Crippen LogP contribution in [-0.4, -0.2) is 46.3 Å². The van der Waals surface area contributed by atoms with E-state index in [4.69, 9.17) is 4.98 Å². The molecule has 2 saturated heterocycles. The van der Waals surface area contributed by atoms with E-state index in [0.717, 1.165) is 30.4 Å². The molecule has 6 heteroatoms. The summed E-state index contributed by atoms with van der Waals surface area (Å²) in [7, 11) is 2.04. The molecule has 2 aliphatic carbocycles. The van der Waals surface area contributed by atoms with Gasteiger partial charge in [-0.05, 0) is 44.9 Å². The lowest BCUT2D eigenvalue weighted by Gasteiger charge is -2.36. The van der Waals surface area contributed by atoms with Crippen molar-refractivity contribution in [3.63, 3.8) is 0 Å². The molecule has 0 radical (unpaired) electrons. The van der Waals surface area contributed by atoms with Crippen LogP contribution in [0.3, 0.4) is 0 Å². The van der Waals surface area contributed by atoms with E-state index in [0.29, 0.717) is 17.4 Å². The maximum Gasteiger partial charge on any atom is 0.225 e. The molecule has 25 heavy (non-hydrogen) atoms. The van der Waals surface area contributed by atoms with Crippen LogP contribution in [0.5, 0.6) is 0 Å². The molecule has 0 aromatic carbocycles. The fourth-order valence-corrected chi connectivity index (χ4v) is 4.66. The molecule has 0 spiro atoms. The summed E-state index contributed by atoms with van der Waals surface area (Å²) >= 11 is 0. The van der Waals surface area contributed by atoms with E-state index in [-0.39, 0.29) is 5.92 Å². The van der Waals surface area contributed by atoms with Gasteiger partial charge >= 0.3 is 0 Å². The number of nitrogens with one attached hydrogen (secondary N) is 2. The van der Waals surface area contributed by atoms with Gasteiger partial charge in [0.05, 0.1) is 11.4 Å². The zero-order chi connectivity index (χ0) is 17.0. The van der Waals surface area contributed by atoms with Gasteiger partial charge in [-0.15, -0.1) is 0 Å². The molecule has 1 unspecified atom stereocenters. The van der Waals surface area contributed by atoms with E-state index in [2.05, 4.69) is 38.4 Å². The standard InChI is InChI=1S/C19H26N6/c1-12(16-7-17(24-23-16)13-3-4-13)15-5-6-21-18(22-15)25-11-19(10-20-2)8-14(25)9-19/h5-7,12-14,20H,3-4,8-11H2,1-2H3,(H,23,24). The third-order valence-electron chi connectivity index (χ3n) is 6.28. The Hall–Kier alpha value is -1.95. The summed E-state index contributed by atoms with van der Waals surface area (Å²) in [6.07, 6.45) is 7.02. The van der Waals surface area contributed by atoms with Crippen molar-refractivity contribution in [2.75, 3.05) is 25.0 Å². The van der Waals surface area contributed by atoms with Crippen molar-refractivity contribution in [1.29, 1.82) is 0 Å². The number of hydrogen-bond acceptors (Lipinski definition) is 5. The maximum atomic E-state index is 4.91. The number of aromatic nitrogens is 4. The van der Waals surface area contributed by atoms with Crippen LogP contribution in [0.25, 0.3) is 0 Å². The van der Waals surface area contributed by atoms with Gasteiger partial charge in [0.2, 0.25) is 5.95 Å². The van der Waals surface area contributed by atoms with Crippen LogP contribution in [0.4, 0.5) is 5.95 Å². The minimum atomic E-state index is 0.189. The second kappa shape index (κ2) is 5.53. The number of rotatable bonds is 6. The largest absolute Gasteiger partial charge is 0.337 e. The van der Waals surface area contributed by atoms with E-state index in [9.17, 15) is 0 Å². The Balaban J connectivity index is 1.36. The van der Waals surface area contributed by atoms with E-state index in [1.807, 2.05) is 19.3 Å². The maximum absolute atomic E-state index is 4.91. The summed E-state index contributed by atoms with van der Waals surface area (Å²) in [6, 6.07) is 4.87. The van der Waals surface area contributed by atoms with Crippen LogP contribution in [0.15, 0.2) is 18.3 Å². The van der Waals surface area contributed by atoms with Crippen molar-refractivity contribution in [2.24, 2.45) is 5.41 Å². The minimum absolute atomic E-state index is 0.189. The fourth-order valence-electron chi connectivity index (χ4n) is 4.66. The molecule has 0 amide bonds. The van der Waals surface area contributed by atoms with Gasteiger partial charge in [0.25, 0.3) is 0 Å². The molecule has 4 heterocycles. The third kappa shape index (κ3) is 2.54. The molecule has 2 aromatic rings. The minimum Gasteiger partial charge on any atom is -0.337 e. The average molecular weight is 338 g/mol. The smallest absolute Gasteiger partial charge is 0.225 e. The van der Waals surface area contributed by atoms with Gasteiger partial charge in [0.15, 0.2) is 0 Å². The van der Waals surface area contributed by atoms with E-state index >= 15 is 0 Å². The Morgan fingerprint density at radius 3 is 2.96 bits per heavy atom. The molecule has 1 atom stereocenters. The fraction of sp³-hybridized carbons (Fsp3) is 0.632. The Kier molecular flexibility index (Phi) is 3.39. The highest BCUT2D eigenvalue weighted by Crippen LogP contribution is 2.52. The summed E-state index contributed by atoms with van der Waals surface area (Å²) < 4.78 is 0. The molecule has 6 rings (SSSR count). The lowest BCUT2D eigenvalue weighted by molar-refractivity contribution is 0.196. The number of anilines is 1. The van der Waals surface area contributed by atoms with Crippen LogP contribution in [0.2, 0.25) is 0 Å². The van der Waals surface area contributed by atoms with Crippen LogP contribution in [0, 0.1) is 5.41 Å². The van der Waals surface area contributed by atoms with Gasteiger partial charge in [0.1, 0.15) is 0 Å². The summed E-state index contributed by atoms with van der Waals surface area (Å²) in [6.45, 7) is 4.35. The molecule has 132 valence electrons. The van der Waals surface area contributed by atoms with Crippen LogP contribution < -0.4 is 10.2 Å². The molecule has 2 aliphatic heterocycles. The highest BCUT2D eigenvalue weighted by molar-refractivity contribution is 5.41. The lowest BCUT2D eigenvalue weighted by atomic mass is 9.70. The first-order valence-electron chi connectivity index (χ1n) is 9.47. The topological polar surface area (TPSA) is 69.7 Å². The third-order valence-corrected chi connectivity index (χ3v) is 6.28. The Labute approximate surface area is 148 Å². The summed E-state index contributed by atoms with van der Waals surface area (Å²) in [5.74, 6) is 1.78. The number of aromatic amines is 1. The molecule has 4 aliphatic rings. The van der Waals surface area contributed by atoms with Gasteiger partial charge in [-0.1, -0.05) is 6.92 Å². The zero-order valence-electron chi connectivity index (χ0n) is 15.0. The monoisotopic (exact) mass is 338 g/mol.